The third kappa shape index (κ3) is 4.05. The lowest BCUT2D eigenvalue weighted by molar-refractivity contribution is 0.491. The molecule has 1 N–H and O–H groups in total. The van der Waals surface area contributed by atoms with Crippen molar-refractivity contribution in [3.63, 3.8) is 0 Å². The second-order valence-corrected chi connectivity index (χ2v) is 5.80. The Hall–Kier alpha value is -1.39. The van der Waals surface area contributed by atoms with Crippen molar-refractivity contribution in [3.8, 4) is 0 Å². The van der Waals surface area contributed by atoms with Crippen LogP contribution in [-0.4, -0.2) is 23.4 Å². The highest BCUT2D eigenvalue weighted by Crippen LogP contribution is 2.23. The summed E-state index contributed by atoms with van der Waals surface area (Å²) in [7, 11) is 3.77. The molecule has 1 atom stereocenters. The highest BCUT2D eigenvalue weighted by Gasteiger charge is 2.17. The fraction of sp³-hybridized carbons (Fsp3) is 0.438. The number of hydrogen-bond donors (Lipinski definition) is 1. The zero-order chi connectivity index (χ0) is 15.4. The molecule has 21 heavy (non-hydrogen) atoms. The lowest BCUT2D eigenvalue weighted by Crippen LogP contribution is -2.23. The van der Waals surface area contributed by atoms with Gasteiger partial charge in [0.25, 0.3) is 0 Å². The molecule has 0 aliphatic carbocycles. The SMILES string of the molecule is CNCC(Cc1cccc(F)c1)Cc1c(C)nn(C)c1Cl. The van der Waals surface area contributed by atoms with E-state index in [4.69, 9.17) is 11.6 Å². The van der Waals surface area contributed by atoms with Crippen molar-refractivity contribution in [2.75, 3.05) is 13.6 Å². The number of nitrogens with one attached hydrogen (secondary N) is 1. The molecule has 0 spiro atoms. The summed E-state index contributed by atoms with van der Waals surface area (Å²) in [6, 6.07) is 6.78. The van der Waals surface area contributed by atoms with Gasteiger partial charge in [-0.05, 0) is 57.0 Å². The lowest BCUT2D eigenvalue weighted by Gasteiger charge is -2.17. The van der Waals surface area contributed by atoms with Crippen LogP contribution in [0.25, 0.3) is 0 Å². The second kappa shape index (κ2) is 7.05. The Balaban J connectivity index is 2.15. The van der Waals surface area contributed by atoms with Crippen LogP contribution in [0.1, 0.15) is 16.8 Å². The van der Waals surface area contributed by atoms with Gasteiger partial charge in [-0.3, -0.25) is 4.68 Å². The van der Waals surface area contributed by atoms with Crippen molar-refractivity contribution in [1.29, 1.82) is 0 Å². The normalized spacial score (nSPS) is 12.6. The summed E-state index contributed by atoms with van der Waals surface area (Å²) in [6.45, 7) is 2.82. The fourth-order valence-electron chi connectivity index (χ4n) is 2.70. The molecular weight excluding hydrogens is 289 g/mol. The van der Waals surface area contributed by atoms with E-state index in [1.54, 1.807) is 16.8 Å². The maximum atomic E-state index is 13.3. The Bertz CT molecular complexity index is 610. The molecule has 0 fully saturated rings. The zero-order valence-electron chi connectivity index (χ0n) is 12.7. The van der Waals surface area contributed by atoms with E-state index >= 15 is 0 Å². The van der Waals surface area contributed by atoms with Crippen molar-refractivity contribution in [3.05, 3.63) is 52.1 Å². The van der Waals surface area contributed by atoms with Crippen molar-refractivity contribution in [2.45, 2.75) is 19.8 Å². The van der Waals surface area contributed by atoms with Gasteiger partial charge in [0.05, 0.1) is 5.69 Å². The highest BCUT2D eigenvalue weighted by molar-refractivity contribution is 6.30. The van der Waals surface area contributed by atoms with E-state index < -0.39 is 0 Å². The van der Waals surface area contributed by atoms with Gasteiger partial charge in [-0.1, -0.05) is 23.7 Å². The summed E-state index contributed by atoms with van der Waals surface area (Å²) in [6.07, 6.45) is 1.64. The number of aryl methyl sites for hydroxylation is 2. The molecule has 3 nitrogen and oxygen atoms in total. The van der Waals surface area contributed by atoms with E-state index in [0.29, 0.717) is 11.1 Å². The van der Waals surface area contributed by atoms with Crippen LogP contribution < -0.4 is 5.32 Å². The molecule has 114 valence electrons. The summed E-state index contributed by atoms with van der Waals surface area (Å²) in [4.78, 5) is 0. The molecule has 1 aromatic carbocycles. The van der Waals surface area contributed by atoms with Crippen molar-refractivity contribution in [1.82, 2.24) is 15.1 Å². The van der Waals surface area contributed by atoms with E-state index in [0.717, 1.165) is 36.2 Å². The molecule has 0 aliphatic heterocycles. The first-order valence-electron chi connectivity index (χ1n) is 7.08. The van der Waals surface area contributed by atoms with Gasteiger partial charge in [-0.25, -0.2) is 4.39 Å². The molecule has 5 heteroatoms. The first-order valence-corrected chi connectivity index (χ1v) is 7.46. The number of benzene rings is 1. The number of rotatable bonds is 6. The van der Waals surface area contributed by atoms with Gasteiger partial charge in [0, 0.05) is 12.6 Å². The minimum Gasteiger partial charge on any atom is -0.319 e. The molecule has 2 aromatic rings. The van der Waals surface area contributed by atoms with Crippen LogP contribution in [0, 0.1) is 18.7 Å². The van der Waals surface area contributed by atoms with Crippen molar-refractivity contribution >= 4 is 11.6 Å². The molecule has 0 saturated heterocycles. The van der Waals surface area contributed by atoms with E-state index in [1.165, 1.54) is 6.07 Å². The van der Waals surface area contributed by atoms with E-state index in [2.05, 4.69) is 10.4 Å². The highest BCUT2D eigenvalue weighted by atomic mass is 35.5. The van der Waals surface area contributed by atoms with Crippen molar-refractivity contribution in [2.24, 2.45) is 13.0 Å². The first-order chi connectivity index (χ1) is 10.0. The number of halogens is 2. The standard InChI is InChI=1S/C16H21ClFN3/c1-11-15(16(17)21(3)20-11)9-13(10-19-2)7-12-5-4-6-14(18)8-12/h4-6,8,13,19H,7,9-10H2,1-3H3. The smallest absolute Gasteiger partial charge is 0.130 e. The molecule has 0 radical (unpaired) electrons. The monoisotopic (exact) mass is 309 g/mol. The van der Waals surface area contributed by atoms with E-state index in [1.807, 2.05) is 27.1 Å². The largest absolute Gasteiger partial charge is 0.319 e. The molecule has 1 aromatic heterocycles. The molecule has 0 amide bonds. The maximum Gasteiger partial charge on any atom is 0.130 e. The number of nitrogens with zero attached hydrogens (tertiary/aromatic N) is 2. The Morgan fingerprint density at radius 1 is 1.38 bits per heavy atom. The predicted octanol–water partition coefficient (Wildman–Crippen LogP) is 3.14. The van der Waals surface area contributed by atoms with Crippen LogP contribution in [0.5, 0.6) is 0 Å². The van der Waals surface area contributed by atoms with Gasteiger partial charge in [-0.15, -0.1) is 0 Å². The van der Waals surface area contributed by atoms with Gasteiger partial charge in [0.15, 0.2) is 0 Å². The molecule has 0 aliphatic rings. The lowest BCUT2D eigenvalue weighted by atomic mass is 9.92. The summed E-state index contributed by atoms with van der Waals surface area (Å²) in [5, 5.41) is 8.24. The number of aromatic nitrogens is 2. The third-order valence-electron chi connectivity index (χ3n) is 3.67. The summed E-state index contributed by atoms with van der Waals surface area (Å²) in [5.74, 6) is 0.156. The Labute approximate surface area is 130 Å². The average Bonchev–Trinajstić information content (AvgIpc) is 2.66. The zero-order valence-corrected chi connectivity index (χ0v) is 13.4. The Morgan fingerprint density at radius 2 is 2.14 bits per heavy atom. The molecular formula is C16H21ClFN3. The summed E-state index contributed by atoms with van der Waals surface area (Å²) < 4.78 is 15.0. The van der Waals surface area contributed by atoms with Gasteiger partial charge in [0.1, 0.15) is 11.0 Å². The van der Waals surface area contributed by atoms with Crippen LogP contribution in [0.15, 0.2) is 24.3 Å². The molecule has 2 rings (SSSR count). The van der Waals surface area contributed by atoms with Crippen LogP contribution in [0.3, 0.4) is 0 Å². The minimum absolute atomic E-state index is 0.189. The van der Waals surface area contributed by atoms with Crippen LogP contribution in [0.4, 0.5) is 4.39 Å². The fourth-order valence-corrected chi connectivity index (χ4v) is 2.95. The average molecular weight is 310 g/mol. The third-order valence-corrected chi connectivity index (χ3v) is 4.14. The van der Waals surface area contributed by atoms with Gasteiger partial charge >= 0.3 is 0 Å². The van der Waals surface area contributed by atoms with Crippen molar-refractivity contribution < 1.29 is 4.39 Å². The van der Waals surface area contributed by atoms with E-state index in [-0.39, 0.29) is 5.82 Å². The van der Waals surface area contributed by atoms with Gasteiger partial charge in [-0.2, -0.15) is 5.10 Å². The maximum absolute atomic E-state index is 13.3. The minimum atomic E-state index is -0.189. The Morgan fingerprint density at radius 3 is 2.71 bits per heavy atom. The molecule has 1 heterocycles. The number of hydrogen-bond acceptors (Lipinski definition) is 2. The van der Waals surface area contributed by atoms with Crippen LogP contribution >= 0.6 is 11.6 Å². The van der Waals surface area contributed by atoms with E-state index in [9.17, 15) is 4.39 Å². The topological polar surface area (TPSA) is 29.9 Å². The molecule has 1 unspecified atom stereocenters. The van der Waals surface area contributed by atoms with Crippen LogP contribution in [-0.2, 0) is 19.9 Å². The second-order valence-electron chi connectivity index (χ2n) is 5.44. The quantitative estimate of drug-likeness (QED) is 0.888. The predicted molar refractivity (Wildman–Crippen MR) is 84.2 cm³/mol. The molecule has 0 bridgehead atoms. The van der Waals surface area contributed by atoms with Gasteiger partial charge in [0.2, 0.25) is 0 Å². The Kier molecular flexibility index (Phi) is 5.37. The van der Waals surface area contributed by atoms with Gasteiger partial charge < -0.3 is 5.32 Å². The molecule has 0 saturated carbocycles. The summed E-state index contributed by atoms with van der Waals surface area (Å²) >= 11 is 6.31. The first kappa shape index (κ1) is 16.0. The van der Waals surface area contributed by atoms with Crippen LogP contribution in [0.2, 0.25) is 5.15 Å². The summed E-state index contributed by atoms with van der Waals surface area (Å²) in [5.41, 5.74) is 3.05.